The van der Waals surface area contributed by atoms with Crippen molar-refractivity contribution in [3.8, 4) is 11.1 Å². The van der Waals surface area contributed by atoms with Crippen LogP contribution in [0.25, 0.3) is 11.1 Å². The minimum absolute atomic E-state index is 0.0556. The van der Waals surface area contributed by atoms with E-state index in [4.69, 9.17) is 44.8 Å². The highest BCUT2D eigenvalue weighted by atomic mass is 35.5. The summed E-state index contributed by atoms with van der Waals surface area (Å²) in [5.41, 5.74) is 5.14. The lowest BCUT2D eigenvalue weighted by molar-refractivity contribution is -0.143. The van der Waals surface area contributed by atoms with Crippen LogP contribution in [0.15, 0.2) is 60.7 Å². The number of carbonyl (C=O) groups is 4. The van der Waals surface area contributed by atoms with E-state index in [1.165, 1.54) is 9.80 Å². The number of likely N-dealkylation sites (tertiary alicyclic amines) is 2. The molecule has 0 aliphatic carbocycles. The fraction of sp³-hybridized carbons (Fsp3) is 0.552. The van der Waals surface area contributed by atoms with Crippen LogP contribution in [-0.2, 0) is 28.3 Å². The molecule has 0 spiro atoms. The van der Waals surface area contributed by atoms with Crippen LogP contribution in [0, 0.1) is 25.7 Å². The highest BCUT2D eigenvalue weighted by molar-refractivity contribution is 6.62. The third kappa shape index (κ3) is 15.2. The molecule has 2 aromatic carbocycles. The molecule has 0 unspecified atom stereocenters. The molecule has 0 radical (unpaired) electrons. The fourth-order valence-corrected chi connectivity index (χ4v) is 10.9. The monoisotopic (exact) mass is 1170 g/mol. The number of alkyl halides is 3. The summed E-state index contributed by atoms with van der Waals surface area (Å²) in [5.74, 6) is 2.72. The first-order valence-corrected chi connectivity index (χ1v) is 28.9. The average molecular weight is 1180 g/mol. The topological polar surface area (TPSA) is 193 Å². The highest BCUT2D eigenvalue weighted by Gasteiger charge is 2.52. The molecule has 7 aliphatic rings. The summed E-state index contributed by atoms with van der Waals surface area (Å²) in [7, 11) is -0.556. The lowest BCUT2D eigenvalue weighted by Gasteiger charge is -2.32. The van der Waals surface area contributed by atoms with Gasteiger partial charge in [0.1, 0.15) is 36.5 Å². The van der Waals surface area contributed by atoms with Crippen LogP contribution >= 0.6 is 11.6 Å². The summed E-state index contributed by atoms with van der Waals surface area (Å²) in [6.45, 7) is 23.5. The molecule has 2 N–H and O–H groups in total. The van der Waals surface area contributed by atoms with Crippen LogP contribution in [0.1, 0.15) is 71.4 Å². The van der Waals surface area contributed by atoms with E-state index in [2.05, 4.69) is 38.4 Å². The molecule has 6 amide bonds. The van der Waals surface area contributed by atoms with Crippen LogP contribution < -0.4 is 35.7 Å². The van der Waals surface area contributed by atoms with Crippen molar-refractivity contribution in [1.29, 1.82) is 0 Å². The summed E-state index contributed by atoms with van der Waals surface area (Å²) < 4.78 is 70.8. The van der Waals surface area contributed by atoms with Crippen molar-refractivity contribution in [3.05, 3.63) is 76.8 Å². The molecule has 448 valence electrons. The van der Waals surface area contributed by atoms with Gasteiger partial charge in [-0.3, -0.25) is 9.80 Å². The maximum atomic E-state index is 12.9. The highest BCUT2D eigenvalue weighted by Crippen LogP contribution is 2.38. The first kappa shape index (κ1) is 61.0. The number of nitrogens with one attached hydrogen (secondary N) is 2. The predicted molar refractivity (Wildman–Crippen MR) is 312 cm³/mol. The van der Waals surface area contributed by atoms with Crippen molar-refractivity contribution < 1.29 is 60.6 Å². The maximum absolute atomic E-state index is 12.9. The number of urea groups is 2. The lowest BCUT2D eigenvalue weighted by atomic mass is 9.76. The molecule has 9 heterocycles. The van der Waals surface area contributed by atoms with Gasteiger partial charge in [0.25, 0.3) is 0 Å². The first-order valence-electron chi connectivity index (χ1n) is 28.5. The second-order valence-corrected chi connectivity index (χ2v) is 23.2. The third-order valence-corrected chi connectivity index (χ3v) is 16.6. The molecule has 83 heavy (non-hydrogen) atoms. The van der Waals surface area contributed by atoms with Gasteiger partial charge in [0.15, 0.2) is 0 Å². The molecule has 0 saturated carbocycles. The number of cyclic esters (lactones) is 2. The van der Waals surface area contributed by atoms with Gasteiger partial charge in [-0.25, -0.2) is 29.1 Å². The number of rotatable bonds is 10. The quantitative estimate of drug-likeness (QED) is 0.143. The minimum Gasteiger partial charge on any atom is -0.447 e. The van der Waals surface area contributed by atoms with E-state index in [0.717, 1.165) is 97.1 Å². The van der Waals surface area contributed by atoms with E-state index in [1.54, 1.807) is 29.2 Å². The van der Waals surface area contributed by atoms with Crippen molar-refractivity contribution in [2.45, 2.75) is 91.5 Å². The number of nitrogens with zero attached hydrogens (tertiary/aromatic N) is 8. The van der Waals surface area contributed by atoms with Crippen molar-refractivity contribution in [2.24, 2.45) is 11.8 Å². The molecule has 2 atom stereocenters. The molecule has 0 bridgehead atoms. The minimum atomic E-state index is -4.20. The van der Waals surface area contributed by atoms with Gasteiger partial charge in [-0.15, -0.1) is 0 Å². The van der Waals surface area contributed by atoms with Crippen molar-refractivity contribution in [3.63, 3.8) is 0 Å². The molecule has 25 heteroatoms. The van der Waals surface area contributed by atoms with E-state index in [9.17, 15) is 32.3 Å². The van der Waals surface area contributed by atoms with Crippen LogP contribution in [-0.4, -0.2) is 174 Å². The average Bonchev–Trinajstić information content (AvgIpc) is 4.47. The first-order chi connectivity index (χ1) is 39.5. The lowest BCUT2D eigenvalue weighted by Crippen LogP contribution is -2.41. The Bertz CT molecular complexity index is 2970. The number of ether oxygens (including phenoxy) is 4. The number of benzene rings is 2. The Labute approximate surface area is 488 Å². The van der Waals surface area contributed by atoms with Crippen LogP contribution in [0.4, 0.5) is 67.0 Å². The van der Waals surface area contributed by atoms with Gasteiger partial charge in [-0.2, -0.15) is 13.2 Å². The Hall–Kier alpha value is -6.60. The number of pyridine rings is 2. The second kappa shape index (κ2) is 26.1. The summed E-state index contributed by atoms with van der Waals surface area (Å²) >= 11 is 6.12. The number of amides is 6. The Morgan fingerprint density at radius 2 is 1.11 bits per heavy atom. The number of halogens is 4. The Balaban J connectivity index is 0.000000156. The Kier molecular flexibility index (Phi) is 19.2. The predicted octanol–water partition coefficient (Wildman–Crippen LogP) is 9.74. The van der Waals surface area contributed by atoms with E-state index in [1.807, 2.05) is 76.8 Å². The maximum Gasteiger partial charge on any atom is 0.495 e. The van der Waals surface area contributed by atoms with Crippen molar-refractivity contribution in [2.75, 3.05) is 135 Å². The summed E-state index contributed by atoms with van der Waals surface area (Å²) in [6, 6.07) is 18.4. The molecule has 2 aromatic heterocycles. The molecular weight excluding hydrogens is 1100 g/mol. The molecule has 7 fully saturated rings. The number of anilines is 6. The molecule has 7 aliphatic heterocycles. The van der Waals surface area contributed by atoms with E-state index >= 15 is 0 Å². The Morgan fingerprint density at radius 1 is 0.639 bits per heavy atom. The summed E-state index contributed by atoms with van der Waals surface area (Å²) in [5, 5.41) is 6.44. The van der Waals surface area contributed by atoms with Crippen LogP contribution in [0.5, 0.6) is 0 Å². The number of hydrogen-bond acceptors (Lipinski definition) is 14. The van der Waals surface area contributed by atoms with Crippen LogP contribution in [0.3, 0.4) is 0 Å². The number of morpholine rings is 2. The number of hydrogen-bond donors (Lipinski definition) is 2. The zero-order valence-corrected chi connectivity index (χ0v) is 49.1. The SMILES string of the molecule is CC[C@@H]1CCN(C(=O)Nc2ccc(C)c(-c3cc(N4CCOCC4)nc(N4CCOC4=O)c3)c2)C1.Cc1ccc(NC(=O)N2CC[C@@H](CC(F)(F)F)C2)cc1B1OC(C)(C)C(C)(C)O1.O=C1OCCN1c1cc(Cl)cc(N2CCOCC2)n1. The van der Waals surface area contributed by atoms with Gasteiger partial charge in [0.2, 0.25) is 0 Å². The van der Waals surface area contributed by atoms with Gasteiger partial charge >= 0.3 is 37.5 Å². The van der Waals surface area contributed by atoms with Gasteiger partial charge in [-0.05, 0) is 131 Å². The van der Waals surface area contributed by atoms with Gasteiger partial charge in [0, 0.05) is 81.2 Å². The third-order valence-electron chi connectivity index (χ3n) is 16.4. The molecule has 11 rings (SSSR count). The zero-order valence-electron chi connectivity index (χ0n) is 48.3. The van der Waals surface area contributed by atoms with E-state index < -0.39 is 42.9 Å². The molecule has 20 nitrogen and oxygen atoms in total. The number of carbonyl (C=O) groups excluding carboxylic acids is 4. The molecular formula is C58H75BClF3N10O10. The molecule has 7 saturated heterocycles. The van der Waals surface area contributed by atoms with Gasteiger partial charge in [-0.1, -0.05) is 42.6 Å². The van der Waals surface area contributed by atoms with E-state index in [0.29, 0.717) is 94.0 Å². The zero-order chi connectivity index (χ0) is 59.2. The van der Waals surface area contributed by atoms with Crippen LogP contribution in [0.2, 0.25) is 5.02 Å². The molecule has 4 aromatic rings. The largest absolute Gasteiger partial charge is 0.495 e. The number of aromatic nitrogens is 2. The second-order valence-electron chi connectivity index (χ2n) is 22.8. The van der Waals surface area contributed by atoms with Gasteiger partial charge < -0.3 is 58.5 Å². The fourth-order valence-electron chi connectivity index (χ4n) is 10.7. The Morgan fingerprint density at radius 3 is 1.61 bits per heavy atom. The summed E-state index contributed by atoms with van der Waals surface area (Å²) in [6.07, 6.45) is -3.29. The van der Waals surface area contributed by atoms with Crippen molar-refractivity contribution in [1.82, 2.24) is 19.8 Å². The van der Waals surface area contributed by atoms with Crippen molar-refractivity contribution >= 4 is 83.1 Å². The van der Waals surface area contributed by atoms with Gasteiger partial charge in [0.05, 0.1) is 50.7 Å². The summed E-state index contributed by atoms with van der Waals surface area (Å²) in [4.78, 5) is 69.2. The van der Waals surface area contributed by atoms with E-state index in [-0.39, 0.29) is 24.8 Å². The standard InChI is InChI=1S/C26H33N5O4.C20H28BF3N2O3.C12H14ClN3O3/c1-3-19-6-7-30(17-19)25(32)27-21-5-4-18(2)22(16-21)20-14-23(29-8-11-34-12-9-29)28-24(15-20)31-10-13-35-26(31)33;1-13-6-7-15(10-16(13)21-28-18(2,3)19(4,5)29-21)25-17(27)26-9-8-14(12-26)11-20(22,23)24;13-9-7-10(15-1-4-18-5-2-15)14-11(8-9)16-3-6-19-12(16)17/h4-5,14-16,19H,3,6-13,17H2,1-2H3,(H,27,32);6-7,10,14H,8-9,11-12H2,1-5H3,(H,25,27);7-8H,1-6H2/t19-;14-;/m10./s1. The number of aryl methyl sites for hydroxylation is 2. The smallest absolute Gasteiger partial charge is 0.447 e. The normalized spacial score (nSPS) is 21.3.